The van der Waals surface area contributed by atoms with Crippen LogP contribution < -0.4 is 5.43 Å². The van der Waals surface area contributed by atoms with Gasteiger partial charge in [-0.1, -0.05) is 60.7 Å². The summed E-state index contributed by atoms with van der Waals surface area (Å²) in [4.78, 5) is 31.6. The number of nitrogens with zero attached hydrogens (tertiary/aromatic N) is 3. The largest absolute Gasteiger partial charge is 0.416 e. The SMILES string of the molecule is O=C(Cn1c(SCc2cccc(F)c2F)cc(=O)c2ccccc21)N(CCCCN1CCCC1)Cc1ccc(-c2ccc(C(F)(F)F)cc2)cc1. The maximum atomic E-state index is 14.5. The van der Waals surface area contributed by atoms with Gasteiger partial charge in [0, 0.05) is 35.9 Å². The standard InChI is InChI=1S/C40H38F5N3O2S/c41-34-10-7-8-31(39(34)42)27-51-38-24-36(49)33-9-1-2-11-35(33)48(38)26-37(50)47(23-6-5-22-46-20-3-4-21-46)25-28-12-14-29(15-13-28)30-16-18-32(19-17-30)40(43,44)45/h1-2,7-19,24H,3-6,20-23,25-27H2. The Morgan fingerprint density at radius 2 is 1.51 bits per heavy atom. The van der Waals surface area contributed by atoms with Gasteiger partial charge < -0.3 is 14.4 Å². The van der Waals surface area contributed by atoms with Crippen LogP contribution in [0.1, 0.15) is 42.4 Å². The average Bonchev–Trinajstić information content (AvgIpc) is 3.65. The molecule has 0 aliphatic carbocycles. The number of alkyl halides is 3. The Labute approximate surface area is 297 Å². The van der Waals surface area contributed by atoms with Crippen molar-refractivity contribution in [2.45, 2.75) is 55.7 Å². The second-order valence-electron chi connectivity index (χ2n) is 12.8. The van der Waals surface area contributed by atoms with Crippen molar-refractivity contribution in [1.82, 2.24) is 14.4 Å². The molecule has 0 atom stereocenters. The number of unbranched alkanes of at least 4 members (excludes halogenated alkanes) is 1. The molecule has 6 rings (SSSR count). The normalized spacial score (nSPS) is 13.6. The summed E-state index contributed by atoms with van der Waals surface area (Å²) in [6.07, 6.45) is -0.290. The third-order valence-electron chi connectivity index (χ3n) is 9.26. The molecule has 4 aromatic carbocycles. The monoisotopic (exact) mass is 719 g/mol. The Morgan fingerprint density at radius 3 is 2.22 bits per heavy atom. The molecule has 1 aliphatic rings. The molecule has 51 heavy (non-hydrogen) atoms. The molecule has 1 saturated heterocycles. The molecule has 2 heterocycles. The highest BCUT2D eigenvalue weighted by atomic mass is 32.2. The van der Waals surface area contributed by atoms with Crippen molar-refractivity contribution in [3.8, 4) is 11.1 Å². The Hall–Kier alpha value is -4.48. The topological polar surface area (TPSA) is 45.6 Å². The van der Waals surface area contributed by atoms with Gasteiger partial charge in [0.1, 0.15) is 6.54 Å². The van der Waals surface area contributed by atoms with E-state index in [1.54, 1.807) is 33.7 Å². The van der Waals surface area contributed by atoms with Gasteiger partial charge in [-0.3, -0.25) is 9.59 Å². The first-order valence-electron chi connectivity index (χ1n) is 17.0. The van der Waals surface area contributed by atoms with Crippen LogP contribution in [0.15, 0.2) is 107 Å². The van der Waals surface area contributed by atoms with Crippen LogP contribution in [-0.2, 0) is 29.8 Å². The number of aromatic nitrogens is 1. The minimum Gasteiger partial charge on any atom is -0.337 e. The summed E-state index contributed by atoms with van der Waals surface area (Å²) in [5, 5.41) is 0.910. The van der Waals surface area contributed by atoms with E-state index in [2.05, 4.69) is 4.90 Å². The van der Waals surface area contributed by atoms with Gasteiger partial charge in [-0.15, -0.1) is 11.8 Å². The minimum absolute atomic E-state index is 0.0566. The van der Waals surface area contributed by atoms with Crippen LogP contribution in [0.25, 0.3) is 22.0 Å². The van der Waals surface area contributed by atoms with E-state index in [1.165, 1.54) is 43.2 Å². The number of amides is 1. The maximum absolute atomic E-state index is 14.5. The molecule has 0 N–H and O–H groups in total. The molecule has 1 aromatic heterocycles. The summed E-state index contributed by atoms with van der Waals surface area (Å²) < 4.78 is 69.4. The van der Waals surface area contributed by atoms with Crippen molar-refractivity contribution < 1.29 is 26.7 Å². The number of fused-ring (bicyclic) bond motifs is 1. The molecule has 0 spiro atoms. The van der Waals surface area contributed by atoms with E-state index in [0.717, 1.165) is 73.6 Å². The highest BCUT2D eigenvalue weighted by molar-refractivity contribution is 7.98. The van der Waals surface area contributed by atoms with Gasteiger partial charge in [0.15, 0.2) is 17.1 Å². The van der Waals surface area contributed by atoms with Crippen LogP contribution in [0.5, 0.6) is 0 Å². The van der Waals surface area contributed by atoms with Crippen molar-refractivity contribution in [2.75, 3.05) is 26.2 Å². The zero-order valence-corrected chi connectivity index (χ0v) is 28.8. The number of carbonyl (C=O) groups is 1. The quantitative estimate of drug-likeness (QED) is 0.0692. The van der Waals surface area contributed by atoms with Gasteiger partial charge in [0.05, 0.1) is 16.1 Å². The Balaban J connectivity index is 1.24. The number of thioether (sulfide) groups is 1. The van der Waals surface area contributed by atoms with E-state index >= 15 is 0 Å². The first-order valence-corrected chi connectivity index (χ1v) is 18.0. The molecule has 266 valence electrons. The lowest BCUT2D eigenvalue weighted by molar-refractivity contribution is -0.137. The number of benzene rings is 4. The fraction of sp³-hybridized carbons (Fsp3) is 0.300. The van der Waals surface area contributed by atoms with Crippen molar-refractivity contribution in [2.24, 2.45) is 0 Å². The summed E-state index contributed by atoms with van der Waals surface area (Å²) in [6.45, 7) is 3.88. The third kappa shape index (κ3) is 9.07. The lowest BCUT2D eigenvalue weighted by Crippen LogP contribution is -2.35. The van der Waals surface area contributed by atoms with Crippen LogP contribution in [0.3, 0.4) is 0 Å². The van der Waals surface area contributed by atoms with Crippen molar-refractivity contribution in [3.63, 3.8) is 0 Å². The molecule has 1 amide bonds. The van der Waals surface area contributed by atoms with E-state index in [1.807, 2.05) is 24.3 Å². The molecule has 11 heteroatoms. The molecule has 0 unspecified atom stereocenters. The zero-order chi connectivity index (χ0) is 36.0. The van der Waals surface area contributed by atoms with E-state index in [-0.39, 0.29) is 29.2 Å². The van der Waals surface area contributed by atoms with E-state index in [0.29, 0.717) is 34.6 Å². The lowest BCUT2D eigenvalue weighted by atomic mass is 10.0. The van der Waals surface area contributed by atoms with Gasteiger partial charge in [0.25, 0.3) is 0 Å². The predicted octanol–water partition coefficient (Wildman–Crippen LogP) is 9.16. The number of hydrogen-bond acceptors (Lipinski definition) is 4. The fourth-order valence-corrected chi connectivity index (χ4v) is 7.48. The van der Waals surface area contributed by atoms with Crippen molar-refractivity contribution in [1.29, 1.82) is 0 Å². The Morgan fingerprint density at radius 1 is 0.824 bits per heavy atom. The number of para-hydroxylation sites is 1. The molecular formula is C40H38F5N3O2S. The molecular weight excluding hydrogens is 682 g/mol. The van der Waals surface area contributed by atoms with Crippen molar-refractivity contribution >= 4 is 28.6 Å². The smallest absolute Gasteiger partial charge is 0.337 e. The number of likely N-dealkylation sites (tertiary alicyclic amines) is 1. The fourth-order valence-electron chi connectivity index (χ4n) is 6.44. The van der Waals surface area contributed by atoms with Gasteiger partial charge in [-0.25, -0.2) is 8.78 Å². The van der Waals surface area contributed by atoms with Gasteiger partial charge in [-0.2, -0.15) is 13.2 Å². The number of rotatable bonds is 13. The van der Waals surface area contributed by atoms with E-state index in [9.17, 15) is 31.5 Å². The molecule has 5 aromatic rings. The summed E-state index contributed by atoms with van der Waals surface area (Å²) in [7, 11) is 0. The highest BCUT2D eigenvalue weighted by Gasteiger charge is 2.30. The van der Waals surface area contributed by atoms with E-state index in [4.69, 9.17) is 0 Å². The summed E-state index contributed by atoms with van der Waals surface area (Å²) in [5.74, 6) is -2.01. The summed E-state index contributed by atoms with van der Waals surface area (Å²) in [6, 6.07) is 24.9. The molecule has 0 bridgehead atoms. The van der Waals surface area contributed by atoms with Crippen LogP contribution in [0.2, 0.25) is 0 Å². The summed E-state index contributed by atoms with van der Waals surface area (Å²) >= 11 is 1.16. The highest BCUT2D eigenvalue weighted by Crippen LogP contribution is 2.31. The predicted molar refractivity (Wildman–Crippen MR) is 191 cm³/mol. The lowest BCUT2D eigenvalue weighted by Gasteiger charge is -2.26. The first kappa shape index (κ1) is 36.3. The van der Waals surface area contributed by atoms with Crippen LogP contribution in [-0.4, -0.2) is 46.5 Å². The van der Waals surface area contributed by atoms with E-state index < -0.39 is 23.4 Å². The number of hydrogen-bond donors (Lipinski definition) is 0. The molecule has 1 aliphatic heterocycles. The maximum Gasteiger partial charge on any atom is 0.416 e. The zero-order valence-electron chi connectivity index (χ0n) is 28.0. The summed E-state index contributed by atoms with van der Waals surface area (Å²) in [5.41, 5.74) is 2.04. The van der Waals surface area contributed by atoms with Crippen LogP contribution >= 0.6 is 11.8 Å². The number of halogens is 5. The Kier molecular flexibility index (Phi) is 11.6. The molecule has 5 nitrogen and oxygen atoms in total. The first-order chi connectivity index (χ1) is 24.6. The van der Waals surface area contributed by atoms with Crippen molar-refractivity contribution in [3.05, 3.63) is 136 Å². The van der Waals surface area contributed by atoms with Gasteiger partial charge >= 0.3 is 6.18 Å². The molecule has 0 saturated carbocycles. The molecule has 0 radical (unpaired) electrons. The van der Waals surface area contributed by atoms with Crippen LogP contribution in [0.4, 0.5) is 22.0 Å². The number of carbonyl (C=O) groups excluding carboxylic acids is 1. The Bertz CT molecular complexity index is 2020. The number of pyridine rings is 1. The second-order valence-corrected chi connectivity index (χ2v) is 13.8. The molecule has 1 fully saturated rings. The third-order valence-corrected chi connectivity index (χ3v) is 10.3. The second kappa shape index (κ2) is 16.2. The van der Waals surface area contributed by atoms with Gasteiger partial charge in [0.2, 0.25) is 5.91 Å². The van der Waals surface area contributed by atoms with Gasteiger partial charge in [-0.05, 0) is 92.3 Å². The average molecular weight is 720 g/mol. The van der Waals surface area contributed by atoms with Crippen LogP contribution in [0, 0.1) is 11.6 Å². The minimum atomic E-state index is -4.41.